The first-order valence-corrected chi connectivity index (χ1v) is 10.4. The lowest BCUT2D eigenvalue weighted by Gasteiger charge is -2.20. The summed E-state index contributed by atoms with van der Waals surface area (Å²) in [6.45, 7) is 7.61. The molecular formula is C21H21ClN2O3S. The van der Waals surface area contributed by atoms with Crippen LogP contribution >= 0.6 is 23.4 Å². The van der Waals surface area contributed by atoms with Crippen molar-refractivity contribution in [2.75, 3.05) is 13.2 Å². The molecule has 0 radical (unpaired) electrons. The summed E-state index contributed by atoms with van der Waals surface area (Å²) >= 11 is 7.75. The molecule has 0 amide bonds. The Balaban J connectivity index is 1.45. The molecule has 1 aliphatic heterocycles. The molecule has 0 fully saturated rings. The molecule has 3 aromatic rings. The third kappa shape index (κ3) is 4.13. The molecule has 1 aliphatic rings. The number of thioether (sulfide) groups is 1. The molecule has 5 nitrogen and oxygen atoms in total. The summed E-state index contributed by atoms with van der Waals surface area (Å²) in [5.74, 6) is 2.45. The molecule has 0 unspecified atom stereocenters. The highest BCUT2D eigenvalue weighted by Gasteiger charge is 2.18. The number of hydrogen-bond donors (Lipinski definition) is 0. The highest BCUT2D eigenvalue weighted by atomic mass is 35.5. The van der Waals surface area contributed by atoms with E-state index in [1.54, 1.807) is 0 Å². The van der Waals surface area contributed by atoms with Crippen molar-refractivity contribution in [1.82, 2.24) is 10.2 Å². The average Bonchev–Trinajstić information content (AvgIpc) is 3.15. The first kappa shape index (κ1) is 19.2. The molecule has 2 aromatic carbocycles. The molecule has 0 saturated carbocycles. The van der Waals surface area contributed by atoms with Gasteiger partial charge >= 0.3 is 0 Å². The highest BCUT2D eigenvalue weighted by Crippen LogP contribution is 2.39. The molecule has 1 aromatic heterocycles. The Morgan fingerprint density at radius 1 is 1.04 bits per heavy atom. The van der Waals surface area contributed by atoms with Crippen molar-refractivity contribution in [3.8, 4) is 23.0 Å². The maximum absolute atomic E-state index is 6.29. The van der Waals surface area contributed by atoms with Gasteiger partial charge in [-0.1, -0.05) is 56.3 Å². The number of nitrogens with zero attached hydrogens (tertiary/aromatic N) is 2. The molecule has 7 heteroatoms. The number of ether oxygens (including phenoxy) is 2. The molecule has 0 atom stereocenters. The van der Waals surface area contributed by atoms with Gasteiger partial charge in [0.15, 0.2) is 11.5 Å². The number of aromatic nitrogens is 2. The maximum Gasteiger partial charge on any atom is 0.277 e. The summed E-state index contributed by atoms with van der Waals surface area (Å²) in [5.41, 5.74) is 3.29. The van der Waals surface area contributed by atoms with Gasteiger partial charge in [0.1, 0.15) is 13.2 Å². The van der Waals surface area contributed by atoms with Crippen molar-refractivity contribution in [2.24, 2.45) is 0 Å². The van der Waals surface area contributed by atoms with Crippen LogP contribution in [-0.2, 0) is 11.2 Å². The van der Waals surface area contributed by atoms with Gasteiger partial charge in [0.2, 0.25) is 5.89 Å². The zero-order valence-electron chi connectivity index (χ0n) is 16.0. The van der Waals surface area contributed by atoms with E-state index in [-0.39, 0.29) is 5.41 Å². The topological polar surface area (TPSA) is 57.4 Å². The fourth-order valence-corrected chi connectivity index (χ4v) is 3.87. The van der Waals surface area contributed by atoms with E-state index in [0.29, 0.717) is 46.6 Å². The zero-order valence-corrected chi connectivity index (χ0v) is 17.6. The number of benzene rings is 2. The smallest absolute Gasteiger partial charge is 0.277 e. The summed E-state index contributed by atoms with van der Waals surface area (Å²) in [6.07, 6.45) is 0. The summed E-state index contributed by atoms with van der Waals surface area (Å²) in [5, 5.41) is 9.38. The molecule has 0 bridgehead atoms. The number of halogens is 1. The largest absolute Gasteiger partial charge is 0.486 e. The van der Waals surface area contributed by atoms with Crippen LogP contribution in [0.15, 0.2) is 46.0 Å². The Bertz CT molecular complexity index is 980. The number of rotatable bonds is 4. The first-order chi connectivity index (χ1) is 13.4. The molecule has 4 rings (SSSR count). The van der Waals surface area contributed by atoms with E-state index in [9.17, 15) is 0 Å². The van der Waals surface area contributed by atoms with Gasteiger partial charge in [-0.25, -0.2) is 0 Å². The minimum Gasteiger partial charge on any atom is -0.486 e. The standard InChI is InChI=1S/C21H21ClN2O3S/c1-21(2,3)15-6-4-14(5-7-15)19-23-24-20(27-19)28-12-13-10-16(22)18-17(11-13)25-8-9-26-18/h4-7,10-11H,8-9,12H2,1-3H3. The summed E-state index contributed by atoms with van der Waals surface area (Å²) in [7, 11) is 0. The summed E-state index contributed by atoms with van der Waals surface area (Å²) in [4.78, 5) is 0. The van der Waals surface area contributed by atoms with Crippen LogP contribution in [-0.4, -0.2) is 23.4 Å². The first-order valence-electron chi connectivity index (χ1n) is 9.05. The molecule has 0 saturated heterocycles. The van der Waals surface area contributed by atoms with Crippen molar-refractivity contribution in [1.29, 1.82) is 0 Å². The van der Waals surface area contributed by atoms with Crippen LogP contribution in [0.3, 0.4) is 0 Å². The number of fused-ring (bicyclic) bond motifs is 1. The lowest BCUT2D eigenvalue weighted by atomic mass is 9.87. The van der Waals surface area contributed by atoms with Crippen LogP contribution in [0.5, 0.6) is 11.5 Å². The normalized spacial score (nSPS) is 13.6. The zero-order chi connectivity index (χ0) is 19.7. The quantitative estimate of drug-likeness (QED) is 0.504. The van der Waals surface area contributed by atoms with Gasteiger partial charge in [0.05, 0.1) is 5.02 Å². The minimum absolute atomic E-state index is 0.110. The van der Waals surface area contributed by atoms with Gasteiger partial charge in [-0.2, -0.15) is 0 Å². The molecule has 146 valence electrons. The van der Waals surface area contributed by atoms with E-state index in [2.05, 4.69) is 43.1 Å². The van der Waals surface area contributed by atoms with Crippen LogP contribution in [0.25, 0.3) is 11.5 Å². The predicted molar refractivity (Wildman–Crippen MR) is 110 cm³/mol. The summed E-state index contributed by atoms with van der Waals surface area (Å²) in [6, 6.07) is 12.1. The molecule has 28 heavy (non-hydrogen) atoms. The molecule has 0 spiro atoms. The van der Waals surface area contributed by atoms with E-state index in [0.717, 1.165) is 11.1 Å². The summed E-state index contributed by atoms with van der Waals surface area (Å²) < 4.78 is 17.0. The monoisotopic (exact) mass is 416 g/mol. The third-order valence-corrected chi connectivity index (χ3v) is 5.59. The second-order valence-corrected chi connectivity index (χ2v) is 8.92. The van der Waals surface area contributed by atoms with Crippen LogP contribution in [0.2, 0.25) is 5.02 Å². The molecule has 0 N–H and O–H groups in total. The Kier molecular flexibility index (Phi) is 5.25. The second kappa shape index (κ2) is 7.68. The third-order valence-electron chi connectivity index (χ3n) is 4.42. The Labute approximate surface area is 173 Å². The van der Waals surface area contributed by atoms with Crippen molar-refractivity contribution in [2.45, 2.75) is 37.2 Å². The lowest BCUT2D eigenvalue weighted by Crippen LogP contribution is -2.15. The highest BCUT2D eigenvalue weighted by molar-refractivity contribution is 7.98. The van der Waals surface area contributed by atoms with Crippen LogP contribution in [0.1, 0.15) is 31.9 Å². The van der Waals surface area contributed by atoms with E-state index < -0.39 is 0 Å². The molecule has 2 heterocycles. The van der Waals surface area contributed by atoms with E-state index in [1.807, 2.05) is 24.3 Å². The average molecular weight is 417 g/mol. The fraction of sp³-hybridized carbons (Fsp3) is 0.333. The van der Waals surface area contributed by atoms with Crippen molar-refractivity contribution in [3.05, 3.63) is 52.5 Å². The Morgan fingerprint density at radius 3 is 2.54 bits per heavy atom. The van der Waals surface area contributed by atoms with E-state index >= 15 is 0 Å². The van der Waals surface area contributed by atoms with Crippen LogP contribution in [0.4, 0.5) is 0 Å². The van der Waals surface area contributed by atoms with E-state index in [4.69, 9.17) is 25.5 Å². The second-order valence-electron chi connectivity index (χ2n) is 7.59. The lowest BCUT2D eigenvalue weighted by molar-refractivity contribution is 0.171. The SMILES string of the molecule is CC(C)(C)c1ccc(-c2nnc(SCc3cc(Cl)c4c(c3)OCCO4)o2)cc1. The predicted octanol–water partition coefficient (Wildman–Crippen LogP) is 5.75. The Morgan fingerprint density at radius 2 is 1.79 bits per heavy atom. The fourth-order valence-electron chi connectivity index (χ4n) is 2.89. The number of hydrogen-bond acceptors (Lipinski definition) is 6. The van der Waals surface area contributed by atoms with Gasteiger partial charge in [-0.05, 0) is 40.8 Å². The van der Waals surface area contributed by atoms with E-state index in [1.165, 1.54) is 17.3 Å². The van der Waals surface area contributed by atoms with Gasteiger partial charge in [0, 0.05) is 11.3 Å². The molecular weight excluding hydrogens is 396 g/mol. The Hall–Kier alpha value is -2.18. The van der Waals surface area contributed by atoms with Gasteiger partial charge < -0.3 is 13.9 Å². The van der Waals surface area contributed by atoms with Crippen molar-refractivity contribution >= 4 is 23.4 Å². The van der Waals surface area contributed by atoms with Crippen LogP contribution in [0, 0.1) is 0 Å². The van der Waals surface area contributed by atoms with Crippen molar-refractivity contribution < 1.29 is 13.9 Å². The minimum atomic E-state index is 0.110. The van der Waals surface area contributed by atoms with Gasteiger partial charge in [0.25, 0.3) is 5.22 Å². The molecule has 0 aliphatic carbocycles. The van der Waals surface area contributed by atoms with Gasteiger partial charge in [-0.3, -0.25) is 0 Å². The van der Waals surface area contributed by atoms with Crippen molar-refractivity contribution in [3.63, 3.8) is 0 Å². The van der Waals surface area contributed by atoms with Crippen LogP contribution < -0.4 is 9.47 Å². The van der Waals surface area contributed by atoms with Gasteiger partial charge in [-0.15, -0.1) is 10.2 Å². The maximum atomic E-state index is 6.29.